The summed E-state index contributed by atoms with van der Waals surface area (Å²) in [5.74, 6) is -0.0409. The Bertz CT molecular complexity index is 631. The number of carbonyl (C=O) groups excluding carboxylic acids is 1. The number of carbonyl (C=O) groups is 1. The molecule has 0 saturated heterocycles. The zero-order valence-corrected chi connectivity index (χ0v) is 12.4. The highest BCUT2D eigenvalue weighted by molar-refractivity contribution is 9.10. The normalized spacial score (nSPS) is 10.2. The Morgan fingerprint density at radius 1 is 1.30 bits per heavy atom. The van der Waals surface area contributed by atoms with Gasteiger partial charge in [0, 0.05) is 16.6 Å². The van der Waals surface area contributed by atoms with Crippen LogP contribution in [0.5, 0.6) is 5.75 Å². The van der Waals surface area contributed by atoms with Crippen LogP contribution < -0.4 is 10.1 Å². The minimum atomic E-state index is -0.336. The molecule has 2 aromatic carbocycles. The standard InChI is InChI=1S/C15H13BrFNO2/c1-20-11-6-7-13(16)12(8-11)15(19)18-9-10-4-2-3-5-14(10)17/h2-8H,9H2,1H3,(H,18,19). The average Bonchev–Trinajstić information content (AvgIpc) is 2.46. The van der Waals surface area contributed by atoms with Crippen LogP contribution in [0.1, 0.15) is 15.9 Å². The topological polar surface area (TPSA) is 38.3 Å². The molecule has 0 aromatic heterocycles. The van der Waals surface area contributed by atoms with Crippen LogP contribution in [-0.2, 0) is 6.54 Å². The van der Waals surface area contributed by atoms with Crippen molar-refractivity contribution in [3.63, 3.8) is 0 Å². The van der Waals surface area contributed by atoms with Gasteiger partial charge in [0.1, 0.15) is 11.6 Å². The van der Waals surface area contributed by atoms with Crippen molar-refractivity contribution < 1.29 is 13.9 Å². The van der Waals surface area contributed by atoms with Crippen LogP contribution in [0, 0.1) is 5.82 Å². The largest absolute Gasteiger partial charge is 0.497 e. The zero-order valence-electron chi connectivity index (χ0n) is 10.8. The van der Waals surface area contributed by atoms with Gasteiger partial charge in [-0.1, -0.05) is 18.2 Å². The molecule has 104 valence electrons. The van der Waals surface area contributed by atoms with Crippen LogP contribution >= 0.6 is 15.9 Å². The van der Waals surface area contributed by atoms with Gasteiger partial charge in [0.05, 0.1) is 12.7 Å². The second kappa shape index (κ2) is 6.52. The molecule has 0 heterocycles. The number of halogens is 2. The van der Waals surface area contributed by atoms with Gasteiger partial charge in [-0.3, -0.25) is 4.79 Å². The van der Waals surface area contributed by atoms with Crippen molar-refractivity contribution in [2.24, 2.45) is 0 Å². The molecule has 2 aromatic rings. The molecule has 0 spiro atoms. The van der Waals surface area contributed by atoms with Crippen LogP contribution in [-0.4, -0.2) is 13.0 Å². The Labute approximate surface area is 124 Å². The van der Waals surface area contributed by atoms with Crippen LogP contribution in [0.25, 0.3) is 0 Å². The van der Waals surface area contributed by atoms with Gasteiger partial charge >= 0.3 is 0 Å². The summed E-state index contributed by atoms with van der Waals surface area (Å²) in [6.07, 6.45) is 0. The lowest BCUT2D eigenvalue weighted by molar-refractivity contribution is 0.0949. The molecule has 0 fully saturated rings. The van der Waals surface area contributed by atoms with Crippen LogP contribution in [0.4, 0.5) is 4.39 Å². The highest BCUT2D eigenvalue weighted by Gasteiger charge is 2.11. The van der Waals surface area contributed by atoms with E-state index in [2.05, 4.69) is 21.2 Å². The molecule has 0 atom stereocenters. The van der Waals surface area contributed by atoms with Crippen molar-refractivity contribution in [2.45, 2.75) is 6.54 Å². The van der Waals surface area contributed by atoms with Crippen LogP contribution in [0.2, 0.25) is 0 Å². The fourth-order valence-corrected chi connectivity index (χ4v) is 2.14. The number of nitrogens with one attached hydrogen (secondary N) is 1. The van der Waals surface area contributed by atoms with Gasteiger partial charge in [0.25, 0.3) is 5.91 Å². The highest BCUT2D eigenvalue weighted by atomic mass is 79.9. The molecule has 5 heteroatoms. The number of amides is 1. The van der Waals surface area contributed by atoms with Crippen LogP contribution in [0.15, 0.2) is 46.9 Å². The molecule has 0 radical (unpaired) electrons. The second-order valence-electron chi connectivity index (χ2n) is 4.12. The third-order valence-corrected chi connectivity index (χ3v) is 3.51. The maximum Gasteiger partial charge on any atom is 0.252 e. The van der Waals surface area contributed by atoms with E-state index in [4.69, 9.17) is 4.74 Å². The summed E-state index contributed by atoms with van der Waals surface area (Å²) in [6, 6.07) is 11.4. The van der Waals surface area contributed by atoms with Gasteiger partial charge in [-0.15, -0.1) is 0 Å². The van der Waals surface area contributed by atoms with Crippen molar-refractivity contribution in [1.29, 1.82) is 0 Å². The maximum atomic E-state index is 13.5. The molecule has 1 N–H and O–H groups in total. The first-order valence-electron chi connectivity index (χ1n) is 5.97. The molecule has 0 bridgehead atoms. The fourth-order valence-electron chi connectivity index (χ4n) is 1.72. The number of benzene rings is 2. The Hall–Kier alpha value is -1.88. The molecule has 1 amide bonds. The zero-order chi connectivity index (χ0) is 14.5. The average molecular weight is 338 g/mol. The van der Waals surface area contributed by atoms with Crippen molar-refractivity contribution in [1.82, 2.24) is 5.32 Å². The smallest absolute Gasteiger partial charge is 0.252 e. The number of ether oxygens (including phenoxy) is 1. The van der Waals surface area contributed by atoms with Gasteiger partial charge in [-0.05, 0) is 40.2 Å². The summed E-state index contributed by atoms with van der Waals surface area (Å²) in [5, 5.41) is 2.68. The quantitative estimate of drug-likeness (QED) is 0.926. The van der Waals surface area contributed by atoms with E-state index < -0.39 is 0 Å². The lowest BCUT2D eigenvalue weighted by Gasteiger charge is -2.09. The summed E-state index contributed by atoms with van der Waals surface area (Å²) in [5.41, 5.74) is 0.889. The molecule has 2 rings (SSSR count). The molecule has 20 heavy (non-hydrogen) atoms. The van der Waals surface area contributed by atoms with Gasteiger partial charge in [-0.25, -0.2) is 4.39 Å². The van der Waals surface area contributed by atoms with E-state index in [1.165, 1.54) is 13.2 Å². The predicted octanol–water partition coefficient (Wildman–Crippen LogP) is 3.53. The molecule has 0 aliphatic heterocycles. The third kappa shape index (κ3) is 3.36. The Balaban J connectivity index is 2.11. The number of methoxy groups -OCH3 is 1. The van der Waals surface area contributed by atoms with E-state index in [-0.39, 0.29) is 18.3 Å². The molecular weight excluding hydrogens is 325 g/mol. The van der Waals surface area contributed by atoms with Crippen molar-refractivity contribution >= 4 is 21.8 Å². The van der Waals surface area contributed by atoms with E-state index in [0.29, 0.717) is 21.3 Å². The van der Waals surface area contributed by atoms with E-state index in [1.54, 1.807) is 36.4 Å². The molecular formula is C15H13BrFNO2. The lowest BCUT2D eigenvalue weighted by Crippen LogP contribution is -2.23. The fraction of sp³-hybridized carbons (Fsp3) is 0.133. The first-order valence-corrected chi connectivity index (χ1v) is 6.76. The van der Waals surface area contributed by atoms with Gasteiger partial charge in [-0.2, -0.15) is 0 Å². The number of hydrogen-bond donors (Lipinski definition) is 1. The lowest BCUT2D eigenvalue weighted by atomic mass is 10.1. The summed E-state index contributed by atoms with van der Waals surface area (Å²) in [6.45, 7) is 0.134. The number of hydrogen-bond acceptors (Lipinski definition) is 2. The van der Waals surface area contributed by atoms with Gasteiger partial charge < -0.3 is 10.1 Å². The summed E-state index contributed by atoms with van der Waals surface area (Å²) < 4.78 is 19.2. The molecule has 0 saturated carbocycles. The van der Waals surface area contributed by atoms with E-state index in [9.17, 15) is 9.18 Å². The molecule has 0 aliphatic rings. The highest BCUT2D eigenvalue weighted by Crippen LogP contribution is 2.22. The van der Waals surface area contributed by atoms with Gasteiger partial charge in [0.15, 0.2) is 0 Å². The molecule has 3 nitrogen and oxygen atoms in total. The first-order chi connectivity index (χ1) is 9.61. The Kier molecular flexibility index (Phi) is 4.74. The minimum Gasteiger partial charge on any atom is -0.497 e. The van der Waals surface area contributed by atoms with Crippen molar-refractivity contribution in [2.75, 3.05) is 7.11 Å². The Morgan fingerprint density at radius 2 is 2.05 bits per heavy atom. The third-order valence-electron chi connectivity index (χ3n) is 2.82. The summed E-state index contributed by atoms with van der Waals surface area (Å²) in [4.78, 5) is 12.1. The summed E-state index contributed by atoms with van der Waals surface area (Å²) >= 11 is 3.31. The van der Waals surface area contributed by atoms with Crippen molar-refractivity contribution in [3.05, 3.63) is 63.9 Å². The SMILES string of the molecule is COc1ccc(Br)c(C(=O)NCc2ccccc2F)c1. The van der Waals surface area contributed by atoms with Crippen LogP contribution in [0.3, 0.4) is 0 Å². The van der Waals surface area contributed by atoms with Crippen molar-refractivity contribution in [3.8, 4) is 5.75 Å². The Morgan fingerprint density at radius 3 is 2.75 bits per heavy atom. The molecule has 0 aliphatic carbocycles. The first kappa shape index (κ1) is 14.5. The van der Waals surface area contributed by atoms with Gasteiger partial charge in [0.2, 0.25) is 0 Å². The molecule has 0 unspecified atom stereocenters. The minimum absolute atomic E-state index is 0.134. The second-order valence-corrected chi connectivity index (χ2v) is 4.97. The maximum absolute atomic E-state index is 13.5. The summed E-state index contributed by atoms with van der Waals surface area (Å²) in [7, 11) is 1.53. The van der Waals surface area contributed by atoms with E-state index in [0.717, 1.165) is 0 Å². The predicted molar refractivity (Wildman–Crippen MR) is 78.3 cm³/mol. The monoisotopic (exact) mass is 337 g/mol. The van der Waals surface area contributed by atoms with E-state index >= 15 is 0 Å². The number of rotatable bonds is 4. The van der Waals surface area contributed by atoms with E-state index in [1.807, 2.05) is 0 Å².